The second kappa shape index (κ2) is 4.67. The molecule has 0 spiro atoms. The lowest BCUT2D eigenvalue weighted by molar-refractivity contribution is 0.671. The number of hydrogen-bond donors (Lipinski definition) is 1. The van der Waals surface area contributed by atoms with Crippen LogP contribution in [0.5, 0.6) is 0 Å². The van der Waals surface area contributed by atoms with Crippen LogP contribution in [-0.2, 0) is 17.3 Å². The van der Waals surface area contributed by atoms with Crippen LogP contribution in [-0.4, -0.2) is 39.0 Å². The van der Waals surface area contributed by atoms with Crippen LogP contribution in [0.3, 0.4) is 0 Å². The van der Waals surface area contributed by atoms with E-state index in [1.807, 2.05) is 12.1 Å². The molecule has 0 bridgehead atoms. The van der Waals surface area contributed by atoms with Crippen molar-refractivity contribution in [2.45, 2.75) is 6.54 Å². The zero-order valence-corrected chi connectivity index (χ0v) is 9.24. The van der Waals surface area contributed by atoms with Crippen LogP contribution in [0.2, 0.25) is 0 Å². The van der Waals surface area contributed by atoms with E-state index in [4.69, 9.17) is 5.73 Å². The summed E-state index contributed by atoms with van der Waals surface area (Å²) in [5, 5.41) is 8.09. The average Bonchev–Trinajstić information content (AvgIpc) is 2.30. The number of hydrogen-bond acceptors (Lipinski definition) is 5. The summed E-state index contributed by atoms with van der Waals surface area (Å²) in [6, 6.07) is 3.80. The second-order valence-corrected chi connectivity index (χ2v) is 5.12. The van der Waals surface area contributed by atoms with Gasteiger partial charge in [-0.05, 0) is 12.1 Å². The van der Waals surface area contributed by atoms with Crippen molar-refractivity contribution in [1.82, 2.24) is 10.2 Å². The van der Waals surface area contributed by atoms with Gasteiger partial charge < -0.3 is 10.6 Å². The molecule has 15 heavy (non-hydrogen) atoms. The Labute approximate surface area is 91.1 Å². The predicted molar refractivity (Wildman–Crippen MR) is 60.0 cm³/mol. The minimum absolute atomic E-state index is 0.414. The minimum Gasteiger partial charge on any atom is -0.353 e. The summed E-state index contributed by atoms with van der Waals surface area (Å²) in [5.41, 5.74) is 6.23. The second-order valence-electron chi connectivity index (χ2n) is 3.42. The third-order valence-corrected chi connectivity index (χ3v) is 3.69. The van der Waals surface area contributed by atoms with E-state index in [2.05, 4.69) is 15.1 Å². The Morgan fingerprint density at radius 1 is 1.33 bits per heavy atom. The van der Waals surface area contributed by atoms with E-state index in [1.165, 1.54) is 0 Å². The van der Waals surface area contributed by atoms with Crippen molar-refractivity contribution in [2.24, 2.45) is 5.73 Å². The highest BCUT2D eigenvalue weighted by molar-refractivity contribution is 7.85. The van der Waals surface area contributed by atoms with E-state index in [9.17, 15) is 4.21 Å². The number of anilines is 1. The average molecular weight is 226 g/mol. The summed E-state index contributed by atoms with van der Waals surface area (Å²) in [4.78, 5) is 2.11. The summed E-state index contributed by atoms with van der Waals surface area (Å²) in [6.07, 6.45) is 0. The Morgan fingerprint density at radius 3 is 2.60 bits per heavy atom. The first-order chi connectivity index (χ1) is 7.29. The van der Waals surface area contributed by atoms with Crippen LogP contribution >= 0.6 is 0 Å². The molecule has 0 saturated carbocycles. The maximum atomic E-state index is 11.2. The molecule has 0 aromatic carbocycles. The predicted octanol–water partition coefficient (Wildman–Crippen LogP) is -0.496. The van der Waals surface area contributed by atoms with Gasteiger partial charge in [0.05, 0.1) is 5.69 Å². The Morgan fingerprint density at radius 2 is 2.07 bits per heavy atom. The molecule has 2 heterocycles. The molecule has 6 heteroatoms. The first kappa shape index (κ1) is 10.5. The third-order valence-electron chi connectivity index (χ3n) is 2.42. The van der Waals surface area contributed by atoms with Crippen LogP contribution in [0, 0.1) is 0 Å². The van der Waals surface area contributed by atoms with Gasteiger partial charge in [-0.2, -0.15) is 5.10 Å². The number of aromatic nitrogens is 2. The van der Waals surface area contributed by atoms with Crippen LogP contribution in [0.4, 0.5) is 5.82 Å². The van der Waals surface area contributed by atoms with Crippen molar-refractivity contribution in [1.29, 1.82) is 0 Å². The molecule has 0 aliphatic carbocycles. The normalized spacial score (nSPS) is 18.1. The summed E-state index contributed by atoms with van der Waals surface area (Å²) >= 11 is 0. The molecule has 1 aliphatic heterocycles. The zero-order chi connectivity index (χ0) is 10.7. The van der Waals surface area contributed by atoms with Crippen molar-refractivity contribution in [3.05, 3.63) is 17.8 Å². The maximum Gasteiger partial charge on any atom is 0.151 e. The van der Waals surface area contributed by atoms with E-state index in [0.29, 0.717) is 6.54 Å². The smallest absolute Gasteiger partial charge is 0.151 e. The molecule has 0 unspecified atom stereocenters. The van der Waals surface area contributed by atoms with Crippen LogP contribution in [0.25, 0.3) is 0 Å². The molecule has 1 saturated heterocycles. The Bertz CT molecular complexity index is 344. The fraction of sp³-hybridized carbons (Fsp3) is 0.556. The van der Waals surface area contributed by atoms with Crippen molar-refractivity contribution in [2.75, 3.05) is 29.5 Å². The lowest BCUT2D eigenvalue weighted by Gasteiger charge is -2.26. The first-order valence-electron chi connectivity index (χ1n) is 4.92. The van der Waals surface area contributed by atoms with Gasteiger partial charge in [-0.1, -0.05) is 0 Å². The third kappa shape index (κ3) is 2.51. The molecule has 0 atom stereocenters. The van der Waals surface area contributed by atoms with Crippen molar-refractivity contribution in [3.63, 3.8) is 0 Å². The van der Waals surface area contributed by atoms with Gasteiger partial charge in [-0.3, -0.25) is 4.21 Å². The summed E-state index contributed by atoms with van der Waals surface area (Å²) in [6.45, 7) is 2.00. The van der Waals surface area contributed by atoms with Crippen molar-refractivity contribution >= 4 is 16.6 Å². The molecule has 0 amide bonds. The van der Waals surface area contributed by atoms with Gasteiger partial charge in [0, 0.05) is 41.9 Å². The Hall–Kier alpha value is -1.01. The number of nitrogens with zero attached hydrogens (tertiary/aromatic N) is 3. The van der Waals surface area contributed by atoms with Crippen LogP contribution in [0.15, 0.2) is 12.1 Å². The van der Waals surface area contributed by atoms with E-state index >= 15 is 0 Å². The molecule has 82 valence electrons. The summed E-state index contributed by atoms with van der Waals surface area (Å²) in [5.74, 6) is 2.30. The molecule has 1 aliphatic rings. The monoisotopic (exact) mass is 226 g/mol. The van der Waals surface area contributed by atoms with Crippen LogP contribution in [0.1, 0.15) is 5.69 Å². The quantitative estimate of drug-likeness (QED) is 0.736. The van der Waals surface area contributed by atoms with Gasteiger partial charge >= 0.3 is 0 Å². The Balaban J connectivity index is 2.06. The van der Waals surface area contributed by atoms with E-state index in [1.54, 1.807) is 0 Å². The SMILES string of the molecule is NCc1ccc(N2CCS(=O)CC2)nn1. The molecule has 1 aromatic rings. The molecule has 0 radical (unpaired) electrons. The Kier molecular flexibility index (Phi) is 3.27. The van der Waals surface area contributed by atoms with Gasteiger partial charge in [-0.15, -0.1) is 5.10 Å². The van der Waals surface area contributed by atoms with Gasteiger partial charge in [0.2, 0.25) is 0 Å². The molecule has 1 aromatic heterocycles. The molecule has 1 fully saturated rings. The number of nitrogens with two attached hydrogens (primary N) is 1. The first-order valence-corrected chi connectivity index (χ1v) is 6.41. The number of rotatable bonds is 2. The van der Waals surface area contributed by atoms with E-state index < -0.39 is 10.8 Å². The fourth-order valence-corrected chi connectivity index (χ4v) is 2.55. The summed E-state index contributed by atoms with van der Waals surface area (Å²) < 4.78 is 11.2. The molecular formula is C9H14N4OS. The molecule has 5 nitrogen and oxygen atoms in total. The topological polar surface area (TPSA) is 72.1 Å². The highest BCUT2D eigenvalue weighted by Crippen LogP contribution is 2.12. The van der Waals surface area contributed by atoms with Gasteiger partial charge in [-0.25, -0.2) is 0 Å². The molecule has 2 N–H and O–H groups in total. The van der Waals surface area contributed by atoms with E-state index in [0.717, 1.165) is 36.1 Å². The van der Waals surface area contributed by atoms with Crippen molar-refractivity contribution < 1.29 is 4.21 Å². The van der Waals surface area contributed by atoms with Gasteiger partial charge in [0.15, 0.2) is 5.82 Å². The van der Waals surface area contributed by atoms with Crippen molar-refractivity contribution in [3.8, 4) is 0 Å². The molecular weight excluding hydrogens is 212 g/mol. The highest BCUT2D eigenvalue weighted by atomic mass is 32.2. The summed E-state index contributed by atoms with van der Waals surface area (Å²) in [7, 11) is -0.651. The minimum atomic E-state index is -0.651. The maximum absolute atomic E-state index is 11.2. The highest BCUT2D eigenvalue weighted by Gasteiger charge is 2.16. The van der Waals surface area contributed by atoms with E-state index in [-0.39, 0.29) is 0 Å². The largest absolute Gasteiger partial charge is 0.353 e. The van der Waals surface area contributed by atoms with Gasteiger partial charge in [0.1, 0.15) is 0 Å². The standard InChI is InChI=1S/C9H14N4OS/c10-7-8-1-2-9(12-11-8)13-3-5-15(14)6-4-13/h1-2H,3-7,10H2. The fourth-order valence-electron chi connectivity index (χ4n) is 1.50. The lowest BCUT2D eigenvalue weighted by Crippen LogP contribution is -2.38. The lowest BCUT2D eigenvalue weighted by atomic mass is 10.3. The molecule has 2 rings (SSSR count). The van der Waals surface area contributed by atoms with Crippen LogP contribution < -0.4 is 10.6 Å². The van der Waals surface area contributed by atoms with Gasteiger partial charge in [0.25, 0.3) is 0 Å². The zero-order valence-electron chi connectivity index (χ0n) is 8.43.